The quantitative estimate of drug-likeness (QED) is 0.279. The average Bonchev–Trinajstić information content (AvgIpc) is 2.91. The molecule has 10 heteroatoms. The molecule has 2 unspecified atom stereocenters. The summed E-state index contributed by atoms with van der Waals surface area (Å²) >= 11 is 0. The second kappa shape index (κ2) is 14.1. The maximum atomic E-state index is 13.4. The first-order chi connectivity index (χ1) is 17.9. The lowest BCUT2D eigenvalue weighted by molar-refractivity contribution is -0.156. The fourth-order valence-electron chi connectivity index (χ4n) is 4.28. The number of ether oxygens (including phenoxy) is 2. The number of benzene rings is 2. The van der Waals surface area contributed by atoms with Crippen LogP contribution in [0.4, 0.5) is 4.79 Å². The lowest BCUT2D eigenvalue weighted by atomic mass is 9.86. The number of amides is 1. The fraction of sp³-hybridized carbons (Fsp3) is 0.444. The largest absolute Gasteiger partial charge is 0.459 e. The van der Waals surface area contributed by atoms with Crippen molar-refractivity contribution in [3.05, 3.63) is 71.8 Å². The molecule has 3 rings (SSSR count). The Bertz CT molecular complexity index is 1070. The highest BCUT2D eigenvalue weighted by Gasteiger charge is 2.46. The van der Waals surface area contributed by atoms with E-state index in [-0.39, 0.29) is 33.0 Å². The summed E-state index contributed by atoms with van der Waals surface area (Å²) in [5.41, 5.74) is 1.56. The molecule has 0 aliphatic carbocycles. The first-order valence-corrected chi connectivity index (χ1v) is 14.2. The number of carbonyl (C=O) groups excluding carboxylic acids is 3. The van der Waals surface area contributed by atoms with E-state index in [2.05, 4.69) is 0 Å². The van der Waals surface area contributed by atoms with E-state index in [1.807, 2.05) is 60.7 Å². The first kappa shape index (κ1) is 28.6. The summed E-state index contributed by atoms with van der Waals surface area (Å²) in [7, 11) is -3.69. The normalized spacial score (nSPS) is 17.7. The molecule has 1 amide bonds. The molecule has 1 fully saturated rings. The van der Waals surface area contributed by atoms with Gasteiger partial charge in [0, 0.05) is 12.5 Å². The van der Waals surface area contributed by atoms with Crippen LogP contribution >= 0.6 is 7.60 Å². The van der Waals surface area contributed by atoms with Crippen molar-refractivity contribution in [1.82, 2.24) is 4.90 Å². The third-order valence-electron chi connectivity index (χ3n) is 5.95. The topological polar surface area (TPSA) is 108 Å². The van der Waals surface area contributed by atoms with Crippen LogP contribution in [0.5, 0.6) is 0 Å². The second-order valence-electron chi connectivity index (χ2n) is 8.59. The Labute approximate surface area is 217 Å². The predicted molar refractivity (Wildman–Crippen MR) is 137 cm³/mol. The molecule has 0 bridgehead atoms. The van der Waals surface area contributed by atoms with E-state index in [4.69, 9.17) is 18.5 Å². The highest BCUT2D eigenvalue weighted by atomic mass is 31.2. The number of esters is 1. The number of rotatable bonds is 12. The van der Waals surface area contributed by atoms with E-state index in [0.29, 0.717) is 12.8 Å². The van der Waals surface area contributed by atoms with Gasteiger partial charge in [-0.05, 0) is 37.8 Å². The number of hydrogen-bond acceptors (Lipinski definition) is 8. The zero-order valence-corrected chi connectivity index (χ0v) is 22.1. The lowest BCUT2D eigenvalue weighted by Gasteiger charge is -2.38. The Hall–Kier alpha value is -3.00. The van der Waals surface area contributed by atoms with Crippen molar-refractivity contribution in [2.75, 3.05) is 25.9 Å². The molecule has 37 heavy (non-hydrogen) atoms. The molecule has 1 aliphatic heterocycles. The molecule has 2 atom stereocenters. The van der Waals surface area contributed by atoms with Crippen molar-refractivity contribution < 1.29 is 37.5 Å². The Morgan fingerprint density at radius 3 is 1.95 bits per heavy atom. The molecule has 1 saturated heterocycles. The maximum Gasteiger partial charge on any atom is 0.410 e. The van der Waals surface area contributed by atoms with Gasteiger partial charge in [-0.2, -0.15) is 0 Å². The van der Waals surface area contributed by atoms with E-state index in [0.717, 1.165) is 11.1 Å². The molecule has 9 nitrogen and oxygen atoms in total. The molecule has 2 aromatic rings. The number of hydrogen-bond donors (Lipinski definition) is 0. The van der Waals surface area contributed by atoms with Crippen LogP contribution in [-0.2, 0) is 45.9 Å². The smallest absolute Gasteiger partial charge is 0.410 e. The van der Waals surface area contributed by atoms with Crippen LogP contribution in [0.3, 0.4) is 0 Å². The Kier molecular flexibility index (Phi) is 10.9. The molecule has 2 aromatic carbocycles. The summed E-state index contributed by atoms with van der Waals surface area (Å²) in [5.74, 6) is -2.13. The summed E-state index contributed by atoms with van der Waals surface area (Å²) in [4.78, 5) is 41.1. The molecular weight excluding hydrogens is 497 g/mol. The summed E-state index contributed by atoms with van der Waals surface area (Å²) in [6.07, 6.45) is -0.424. The van der Waals surface area contributed by atoms with Crippen molar-refractivity contribution in [3.8, 4) is 0 Å². The van der Waals surface area contributed by atoms with Crippen LogP contribution in [0, 0.1) is 5.92 Å². The van der Waals surface area contributed by atoms with Gasteiger partial charge >= 0.3 is 19.7 Å². The van der Waals surface area contributed by atoms with E-state index >= 15 is 0 Å². The standard InChI is InChI=1S/C27H34NO8P/c1-3-35-37(32,36-4-2)20-24(29)23-16-11-17-28(27(31)34-19-22-14-9-6-10-15-22)25(23)26(30)33-18-21-12-7-5-8-13-21/h5-10,12-15,23,25H,3-4,11,16-20H2,1-2H3. The minimum absolute atomic E-state index is 0.0135. The molecule has 1 aliphatic rings. The Morgan fingerprint density at radius 2 is 1.41 bits per heavy atom. The molecule has 0 radical (unpaired) electrons. The van der Waals surface area contributed by atoms with Gasteiger partial charge in [0.15, 0.2) is 5.78 Å². The van der Waals surface area contributed by atoms with E-state index in [1.54, 1.807) is 13.8 Å². The summed E-state index contributed by atoms with van der Waals surface area (Å²) in [6.45, 7) is 3.75. The van der Waals surface area contributed by atoms with Gasteiger partial charge in [0.2, 0.25) is 0 Å². The van der Waals surface area contributed by atoms with Gasteiger partial charge in [-0.15, -0.1) is 0 Å². The molecule has 0 saturated carbocycles. The predicted octanol–water partition coefficient (Wildman–Crippen LogP) is 4.98. The van der Waals surface area contributed by atoms with Crippen molar-refractivity contribution in [2.45, 2.75) is 45.9 Å². The highest BCUT2D eigenvalue weighted by molar-refractivity contribution is 7.54. The SMILES string of the molecule is CCOP(=O)(CC(=O)C1CCCN(C(=O)OCc2ccccc2)C1C(=O)OCc1ccccc1)OCC. The lowest BCUT2D eigenvalue weighted by Crippen LogP contribution is -2.55. The van der Waals surface area contributed by atoms with Crippen LogP contribution < -0.4 is 0 Å². The zero-order chi connectivity index (χ0) is 26.7. The van der Waals surface area contributed by atoms with Crippen LogP contribution in [-0.4, -0.2) is 54.7 Å². The first-order valence-electron chi connectivity index (χ1n) is 12.5. The van der Waals surface area contributed by atoms with E-state index in [1.165, 1.54) is 4.90 Å². The van der Waals surface area contributed by atoms with Gasteiger partial charge in [0.25, 0.3) is 0 Å². The number of Topliss-reactive ketones (excluding diaryl/α,β-unsaturated/α-hetero) is 1. The molecule has 0 spiro atoms. The van der Waals surface area contributed by atoms with Gasteiger partial charge < -0.3 is 18.5 Å². The molecule has 200 valence electrons. The van der Waals surface area contributed by atoms with Gasteiger partial charge in [0.1, 0.15) is 25.4 Å². The number of nitrogens with zero attached hydrogens (tertiary/aromatic N) is 1. The van der Waals surface area contributed by atoms with Crippen LogP contribution in [0.25, 0.3) is 0 Å². The summed E-state index contributed by atoms with van der Waals surface area (Å²) in [5, 5.41) is 0. The Morgan fingerprint density at radius 1 is 0.865 bits per heavy atom. The Balaban J connectivity index is 1.80. The third-order valence-corrected chi connectivity index (χ3v) is 7.95. The van der Waals surface area contributed by atoms with E-state index < -0.39 is 43.6 Å². The van der Waals surface area contributed by atoms with Crippen LogP contribution in [0.2, 0.25) is 0 Å². The van der Waals surface area contributed by atoms with Crippen LogP contribution in [0.15, 0.2) is 60.7 Å². The number of carbonyl (C=O) groups is 3. The number of piperidine rings is 1. The maximum absolute atomic E-state index is 13.4. The number of likely N-dealkylation sites (tertiary alicyclic amines) is 1. The molecular formula is C27H34NO8P. The molecule has 0 aromatic heterocycles. The minimum atomic E-state index is -3.69. The van der Waals surface area contributed by atoms with Gasteiger partial charge in [0.05, 0.1) is 13.2 Å². The van der Waals surface area contributed by atoms with Crippen molar-refractivity contribution in [3.63, 3.8) is 0 Å². The summed E-state index contributed by atoms with van der Waals surface area (Å²) < 4.78 is 34.6. The minimum Gasteiger partial charge on any atom is -0.459 e. The molecule has 1 heterocycles. The number of ketones is 1. The highest BCUT2D eigenvalue weighted by Crippen LogP contribution is 2.49. The van der Waals surface area contributed by atoms with E-state index in [9.17, 15) is 18.9 Å². The monoisotopic (exact) mass is 531 g/mol. The second-order valence-corrected chi connectivity index (χ2v) is 10.6. The van der Waals surface area contributed by atoms with Crippen LogP contribution in [0.1, 0.15) is 37.8 Å². The van der Waals surface area contributed by atoms with Crippen molar-refractivity contribution >= 4 is 25.4 Å². The third kappa shape index (κ3) is 8.25. The van der Waals surface area contributed by atoms with Gasteiger partial charge in [-0.1, -0.05) is 60.7 Å². The summed E-state index contributed by atoms with van der Waals surface area (Å²) in [6, 6.07) is 17.0. The van der Waals surface area contributed by atoms with Gasteiger partial charge in [-0.3, -0.25) is 14.3 Å². The van der Waals surface area contributed by atoms with Gasteiger partial charge in [-0.25, -0.2) is 9.59 Å². The zero-order valence-electron chi connectivity index (χ0n) is 21.2. The molecule has 0 N–H and O–H groups in total. The van der Waals surface area contributed by atoms with Crippen molar-refractivity contribution in [2.24, 2.45) is 5.92 Å². The average molecular weight is 532 g/mol. The fourth-order valence-corrected chi connectivity index (χ4v) is 5.94. The van der Waals surface area contributed by atoms with Crippen molar-refractivity contribution in [1.29, 1.82) is 0 Å².